The fourth-order valence-electron chi connectivity index (χ4n) is 1.50. The van der Waals surface area contributed by atoms with Crippen LogP contribution in [0.5, 0.6) is 5.75 Å². The maximum absolute atomic E-state index is 11.0. The van der Waals surface area contributed by atoms with E-state index in [1.165, 1.54) is 6.92 Å². The third kappa shape index (κ3) is 4.34. The molecule has 94 valence electrons. The van der Waals surface area contributed by atoms with Gasteiger partial charge in [-0.3, -0.25) is 4.79 Å². The zero-order valence-electron chi connectivity index (χ0n) is 10.7. The van der Waals surface area contributed by atoms with Crippen LogP contribution in [-0.4, -0.2) is 19.6 Å². The molecule has 4 heteroatoms. The molecule has 0 aliphatic carbocycles. The lowest BCUT2D eigenvalue weighted by Gasteiger charge is -2.12. The maximum Gasteiger partial charge on any atom is 0.221 e. The second kappa shape index (κ2) is 6.78. The van der Waals surface area contributed by atoms with E-state index < -0.39 is 0 Å². The third-order valence-corrected chi connectivity index (χ3v) is 2.37. The van der Waals surface area contributed by atoms with Gasteiger partial charge in [0.15, 0.2) is 0 Å². The van der Waals surface area contributed by atoms with Crippen LogP contribution in [0.1, 0.15) is 26.7 Å². The topological polar surface area (TPSA) is 50.4 Å². The van der Waals surface area contributed by atoms with Gasteiger partial charge in [0.1, 0.15) is 5.75 Å². The number of anilines is 2. The number of carbonyl (C=O) groups excluding carboxylic acids is 1. The molecule has 0 aromatic heterocycles. The first kappa shape index (κ1) is 13.4. The molecular weight excluding hydrogens is 216 g/mol. The van der Waals surface area contributed by atoms with E-state index in [0.717, 1.165) is 25.1 Å². The Labute approximate surface area is 102 Å². The van der Waals surface area contributed by atoms with Crippen LogP contribution in [0.3, 0.4) is 0 Å². The molecule has 0 aliphatic heterocycles. The highest BCUT2D eigenvalue weighted by molar-refractivity contribution is 5.90. The third-order valence-electron chi connectivity index (χ3n) is 2.37. The average molecular weight is 236 g/mol. The highest BCUT2D eigenvalue weighted by Gasteiger charge is 2.05. The number of rotatable bonds is 6. The molecule has 0 aliphatic rings. The smallest absolute Gasteiger partial charge is 0.221 e. The van der Waals surface area contributed by atoms with Gasteiger partial charge in [0.25, 0.3) is 0 Å². The van der Waals surface area contributed by atoms with Crippen LogP contribution in [0.25, 0.3) is 0 Å². The van der Waals surface area contributed by atoms with Crippen molar-refractivity contribution in [2.75, 3.05) is 24.3 Å². The summed E-state index contributed by atoms with van der Waals surface area (Å²) >= 11 is 0. The summed E-state index contributed by atoms with van der Waals surface area (Å²) in [5.41, 5.74) is 1.70. The van der Waals surface area contributed by atoms with Crippen molar-refractivity contribution in [3.05, 3.63) is 18.2 Å². The number of amides is 1. The Balaban J connectivity index is 2.73. The maximum atomic E-state index is 11.0. The van der Waals surface area contributed by atoms with Gasteiger partial charge >= 0.3 is 0 Å². The van der Waals surface area contributed by atoms with Gasteiger partial charge in [0.05, 0.1) is 12.8 Å². The van der Waals surface area contributed by atoms with E-state index in [1.54, 1.807) is 7.11 Å². The number of benzene rings is 1. The van der Waals surface area contributed by atoms with Gasteiger partial charge in [-0.05, 0) is 18.6 Å². The molecule has 4 nitrogen and oxygen atoms in total. The number of ether oxygens (including phenoxy) is 1. The standard InChI is InChI=1S/C13H20N2O2/c1-4-5-8-14-11-6-7-12(15-10(2)16)13(9-11)17-3/h6-7,9,14H,4-5,8H2,1-3H3,(H,15,16). The molecule has 0 fully saturated rings. The van der Waals surface area contributed by atoms with Gasteiger partial charge in [0.2, 0.25) is 5.91 Å². The molecule has 0 bridgehead atoms. The lowest BCUT2D eigenvalue weighted by molar-refractivity contribution is -0.114. The number of nitrogens with one attached hydrogen (secondary N) is 2. The van der Waals surface area contributed by atoms with Crippen LogP contribution >= 0.6 is 0 Å². The molecule has 1 amide bonds. The predicted octanol–water partition coefficient (Wildman–Crippen LogP) is 2.87. The van der Waals surface area contributed by atoms with Crippen LogP contribution in [0.15, 0.2) is 18.2 Å². The first-order chi connectivity index (χ1) is 8.17. The summed E-state index contributed by atoms with van der Waals surface area (Å²) in [7, 11) is 1.59. The molecule has 1 aromatic rings. The number of hydrogen-bond acceptors (Lipinski definition) is 3. The van der Waals surface area contributed by atoms with Crippen molar-refractivity contribution >= 4 is 17.3 Å². The largest absolute Gasteiger partial charge is 0.494 e. The molecule has 17 heavy (non-hydrogen) atoms. The zero-order valence-corrected chi connectivity index (χ0v) is 10.7. The average Bonchev–Trinajstić information content (AvgIpc) is 2.30. The lowest BCUT2D eigenvalue weighted by Crippen LogP contribution is -2.08. The minimum atomic E-state index is -0.102. The predicted molar refractivity (Wildman–Crippen MR) is 70.7 cm³/mol. The highest BCUT2D eigenvalue weighted by atomic mass is 16.5. The Morgan fingerprint density at radius 3 is 2.76 bits per heavy atom. The van der Waals surface area contributed by atoms with Crippen molar-refractivity contribution in [2.24, 2.45) is 0 Å². The van der Waals surface area contributed by atoms with Crippen molar-refractivity contribution in [1.82, 2.24) is 0 Å². The fourth-order valence-corrected chi connectivity index (χ4v) is 1.50. The monoisotopic (exact) mass is 236 g/mol. The van der Waals surface area contributed by atoms with Gasteiger partial charge in [-0.15, -0.1) is 0 Å². The summed E-state index contributed by atoms with van der Waals surface area (Å²) in [6.07, 6.45) is 2.30. The Hall–Kier alpha value is -1.71. The molecule has 0 saturated carbocycles. The summed E-state index contributed by atoms with van der Waals surface area (Å²) in [4.78, 5) is 11.0. The minimum absolute atomic E-state index is 0.102. The Bertz CT molecular complexity index is 378. The van der Waals surface area contributed by atoms with Crippen molar-refractivity contribution < 1.29 is 9.53 Å². The lowest BCUT2D eigenvalue weighted by atomic mass is 10.2. The van der Waals surface area contributed by atoms with E-state index in [-0.39, 0.29) is 5.91 Å². The summed E-state index contributed by atoms with van der Waals surface area (Å²) in [6.45, 7) is 4.58. The Kier molecular flexibility index (Phi) is 5.33. The molecular formula is C13H20N2O2. The van der Waals surface area contributed by atoms with Crippen LogP contribution in [0.2, 0.25) is 0 Å². The first-order valence-electron chi connectivity index (χ1n) is 5.87. The van der Waals surface area contributed by atoms with Crippen molar-refractivity contribution in [1.29, 1.82) is 0 Å². The van der Waals surface area contributed by atoms with Crippen molar-refractivity contribution in [3.63, 3.8) is 0 Å². The van der Waals surface area contributed by atoms with E-state index in [1.807, 2.05) is 18.2 Å². The Morgan fingerprint density at radius 2 is 2.18 bits per heavy atom. The van der Waals surface area contributed by atoms with Gasteiger partial charge < -0.3 is 15.4 Å². The molecule has 1 rings (SSSR count). The van der Waals surface area contributed by atoms with Crippen LogP contribution in [0.4, 0.5) is 11.4 Å². The summed E-state index contributed by atoms with van der Waals surface area (Å²) in [6, 6.07) is 5.67. The zero-order chi connectivity index (χ0) is 12.7. The van der Waals surface area contributed by atoms with Crippen LogP contribution in [0, 0.1) is 0 Å². The number of carbonyl (C=O) groups is 1. The van der Waals surface area contributed by atoms with E-state index in [0.29, 0.717) is 11.4 Å². The second-order valence-electron chi connectivity index (χ2n) is 3.88. The van der Waals surface area contributed by atoms with E-state index in [2.05, 4.69) is 17.6 Å². The van der Waals surface area contributed by atoms with E-state index >= 15 is 0 Å². The van der Waals surface area contributed by atoms with Gasteiger partial charge in [-0.1, -0.05) is 13.3 Å². The van der Waals surface area contributed by atoms with Crippen LogP contribution in [-0.2, 0) is 4.79 Å². The van der Waals surface area contributed by atoms with Crippen molar-refractivity contribution in [2.45, 2.75) is 26.7 Å². The van der Waals surface area contributed by atoms with E-state index in [4.69, 9.17) is 4.74 Å². The second-order valence-corrected chi connectivity index (χ2v) is 3.88. The van der Waals surface area contributed by atoms with Crippen molar-refractivity contribution in [3.8, 4) is 5.75 Å². The molecule has 0 spiro atoms. The number of unbranched alkanes of at least 4 members (excludes halogenated alkanes) is 1. The van der Waals surface area contributed by atoms with Gasteiger partial charge in [0, 0.05) is 25.2 Å². The summed E-state index contributed by atoms with van der Waals surface area (Å²) in [5.74, 6) is 0.566. The SMILES string of the molecule is CCCCNc1ccc(NC(C)=O)c(OC)c1. The van der Waals surface area contributed by atoms with E-state index in [9.17, 15) is 4.79 Å². The quantitative estimate of drug-likeness (QED) is 0.747. The normalized spacial score (nSPS) is 9.82. The number of hydrogen-bond donors (Lipinski definition) is 2. The summed E-state index contributed by atoms with van der Waals surface area (Å²) < 4.78 is 5.24. The molecule has 0 radical (unpaired) electrons. The fraction of sp³-hybridized carbons (Fsp3) is 0.462. The van der Waals surface area contributed by atoms with Gasteiger partial charge in [-0.25, -0.2) is 0 Å². The highest BCUT2D eigenvalue weighted by Crippen LogP contribution is 2.27. The molecule has 0 heterocycles. The summed E-state index contributed by atoms with van der Waals surface area (Å²) in [5, 5.41) is 6.04. The van der Waals surface area contributed by atoms with Gasteiger partial charge in [-0.2, -0.15) is 0 Å². The molecule has 1 aromatic carbocycles. The molecule has 0 unspecified atom stereocenters. The number of methoxy groups -OCH3 is 1. The minimum Gasteiger partial charge on any atom is -0.494 e. The Morgan fingerprint density at radius 1 is 1.41 bits per heavy atom. The molecule has 0 atom stereocenters. The molecule has 0 saturated heterocycles. The first-order valence-corrected chi connectivity index (χ1v) is 5.87. The van der Waals surface area contributed by atoms with Crippen LogP contribution < -0.4 is 15.4 Å². The molecule has 2 N–H and O–H groups in total.